The zero-order chi connectivity index (χ0) is 12.3. The highest BCUT2D eigenvalue weighted by Gasteiger charge is 1.98. The van der Waals surface area contributed by atoms with Crippen molar-refractivity contribution in [2.75, 3.05) is 0 Å². The van der Waals surface area contributed by atoms with E-state index in [1.54, 1.807) is 18.3 Å². The normalized spacial score (nSPS) is 10.9. The summed E-state index contributed by atoms with van der Waals surface area (Å²) in [5.41, 5.74) is 2.78. The lowest BCUT2D eigenvalue weighted by Gasteiger charge is -2.01. The standard InChI is InChI=1S/C14H12INO/c1-10-8-12(15)6-7-13(10)16-9-11-4-2-3-5-14(11)17/h2-9,17H,1H3. The average molecular weight is 337 g/mol. The lowest BCUT2D eigenvalue weighted by Crippen LogP contribution is -1.82. The number of hydrogen-bond acceptors (Lipinski definition) is 2. The van der Waals surface area contributed by atoms with E-state index in [1.165, 1.54) is 3.57 Å². The molecule has 0 saturated carbocycles. The fraction of sp³-hybridized carbons (Fsp3) is 0.0714. The summed E-state index contributed by atoms with van der Waals surface area (Å²) in [5, 5.41) is 9.61. The third-order valence-electron chi connectivity index (χ3n) is 2.44. The molecule has 2 nitrogen and oxygen atoms in total. The summed E-state index contributed by atoms with van der Waals surface area (Å²) in [7, 11) is 0. The van der Waals surface area contributed by atoms with Gasteiger partial charge in [0.2, 0.25) is 0 Å². The van der Waals surface area contributed by atoms with Crippen molar-refractivity contribution in [1.29, 1.82) is 0 Å². The quantitative estimate of drug-likeness (QED) is 0.651. The molecule has 0 spiro atoms. The maximum Gasteiger partial charge on any atom is 0.124 e. The number of phenolic OH excluding ortho intramolecular Hbond substituents is 1. The monoisotopic (exact) mass is 337 g/mol. The molecule has 0 radical (unpaired) electrons. The van der Waals surface area contributed by atoms with Crippen molar-refractivity contribution in [3.05, 3.63) is 57.2 Å². The first kappa shape index (κ1) is 12.1. The lowest BCUT2D eigenvalue weighted by molar-refractivity contribution is 0.474. The number of hydrogen-bond donors (Lipinski definition) is 1. The molecule has 0 heterocycles. The van der Waals surface area contributed by atoms with Crippen molar-refractivity contribution < 1.29 is 5.11 Å². The molecule has 0 bridgehead atoms. The van der Waals surface area contributed by atoms with Crippen LogP contribution in [0.5, 0.6) is 5.75 Å². The zero-order valence-corrected chi connectivity index (χ0v) is 11.5. The Morgan fingerprint density at radius 1 is 1.18 bits per heavy atom. The Morgan fingerprint density at radius 3 is 2.65 bits per heavy atom. The van der Waals surface area contributed by atoms with Crippen LogP contribution in [0, 0.1) is 10.5 Å². The summed E-state index contributed by atoms with van der Waals surface area (Å²) in [6.07, 6.45) is 1.69. The van der Waals surface area contributed by atoms with Gasteiger partial charge < -0.3 is 5.11 Å². The zero-order valence-electron chi connectivity index (χ0n) is 9.39. The van der Waals surface area contributed by atoms with Gasteiger partial charge in [-0.2, -0.15) is 0 Å². The minimum absolute atomic E-state index is 0.249. The molecule has 0 atom stereocenters. The second-order valence-electron chi connectivity index (χ2n) is 3.75. The van der Waals surface area contributed by atoms with E-state index in [9.17, 15) is 5.11 Å². The molecule has 0 aliphatic heterocycles. The summed E-state index contributed by atoms with van der Waals surface area (Å²) in [4.78, 5) is 4.39. The Morgan fingerprint density at radius 2 is 1.94 bits per heavy atom. The summed E-state index contributed by atoms with van der Waals surface area (Å²) in [5.74, 6) is 0.249. The number of aliphatic imine (C=N–C) groups is 1. The van der Waals surface area contributed by atoms with Crippen molar-refractivity contribution in [2.24, 2.45) is 4.99 Å². The van der Waals surface area contributed by atoms with E-state index >= 15 is 0 Å². The van der Waals surface area contributed by atoms with Crippen LogP contribution in [0.2, 0.25) is 0 Å². The Kier molecular flexibility index (Phi) is 3.78. The van der Waals surface area contributed by atoms with Gasteiger partial charge in [0.25, 0.3) is 0 Å². The molecule has 3 heteroatoms. The second kappa shape index (κ2) is 5.31. The van der Waals surface area contributed by atoms with E-state index < -0.39 is 0 Å². The van der Waals surface area contributed by atoms with Crippen LogP contribution in [0.25, 0.3) is 0 Å². The number of rotatable bonds is 2. The van der Waals surface area contributed by atoms with Gasteiger partial charge in [0.05, 0.1) is 5.69 Å². The van der Waals surface area contributed by atoms with Crippen molar-refractivity contribution in [3.63, 3.8) is 0 Å². The number of nitrogens with zero attached hydrogens (tertiary/aromatic N) is 1. The molecule has 17 heavy (non-hydrogen) atoms. The molecular formula is C14H12INO. The largest absolute Gasteiger partial charge is 0.507 e. The van der Waals surface area contributed by atoms with Crippen LogP contribution in [0.1, 0.15) is 11.1 Å². The highest BCUT2D eigenvalue weighted by Crippen LogP contribution is 2.21. The first-order valence-electron chi connectivity index (χ1n) is 5.25. The SMILES string of the molecule is Cc1cc(I)ccc1N=Cc1ccccc1O. The fourth-order valence-electron chi connectivity index (χ4n) is 1.50. The molecule has 0 aliphatic rings. The molecular weight excluding hydrogens is 325 g/mol. The average Bonchev–Trinajstić information content (AvgIpc) is 2.30. The molecule has 0 aliphatic carbocycles. The molecule has 2 aromatic carbocycles. The molecule has 2 rings (SSSR count). The van der Waals surface area contributed by atoms with E-state index in [-0.39, 0.29) is 5.75 Å². The topological polar surface area (TPSA) is 32.6 Å². The van der Waals surface area contributed by atoms with Gasteiger partial charge in [-0.05, 0) is 65.4 Å². The van der Waals surface area contributed by atoms with Crippen molar-refractivity contribution in [3.8, 4) is 5.75 Å². The number of halogens is 1. The van der Waals surface area contributed by atoms with Gasteiger partial charge in [-0.3, -0.25) is 4.99 Å². The first-order valence-corrected chi connectivity index (χ1v) is 6.33. The number of para-hydroxylation sites is 1. The Bertz CT molecular complexity index is 564. The molecule has 86 valence electrons. The summed E-state index contributed by atoms with van der Waals surface area (Å²) >= 11 is 2.28. The first-order chi connectivity index (χ1) is 8.16. The minimum Gasteiger partial charge on any atom is -0.507 e. The van der Waals surface area contributed by atoms with Gasteiger partial charge in [0, 0.05) is 15.3 Å². The van der Waals surface area contributed by atoms with Crippen LogP contribution < -0.4 is 0 Å². The van der Waals surface area contributed by atoms with Crippen LogP contribution in [-0.2, 0) is 0 Å². The summed E-state index contributed by atoms with van der Waals surface area (Å²) in [6.45, 7) is 2.03. The van der Waals surface area contributed by atoms with Crippen LogP contribution >= 0.6 is 22.6 Å². The van der Waals surface area contributed by atoms with E-state index in [1.807, 2.05) is 31.2 Å². The summed E-state index contributed by atoms with van der Waals surface area (Å²) in [6, 6.07) is 13.2. The van der Waals surface area contributed by atoms with E-state index in [4.69, 9.17) is 0 Å². The molecule has 2 aromatic rings. The maximum absolute atomic E-state index is 9.61. The maximum atomic E-state index is 9.61. The predicted molar refractivity (Wildman–Crippen MR) is 79.3 cm³/mol. The minimum atomic E-state index is 0.249. The lowest BCUT2D eigenvalue weighted by atomic mass is 10.2. The summed E-state index contributed by atoms with van der Waals surface area (Å²) < 4.78 is 1.20. The molecule has 1 N–H and O–H groups in total. The number of phenols is 1. The molecule has 0 saturated heterocycles. The third kappa shape index (κ3) is 3.06. The van der Waals surface area contributed by atoms with Gasteiger partial charge >= 0.3 is 0 Å². The van der Waals surface area contributed by atoms with Gasteiger partial charge in [-0.25, -0.2) is 0 Å². The van der Waals surface area contributed by atoms with Crippen LogP contribution in [-0.4, -0.2) is 11.3 Å². The van der Waals surface area contributed by atoms with Crippen LogP contribution in [0.4, 0.5) is 5.69 Å². The van der Waals surface area contributed by atoms with Crippen molar-refractivity contribution in [2.45, 2.75) is 6.92 Å². The van der Waals surface area contributed by atoms with Gasteiger partial charge in [0.1, 0.15) is 5.75 Å². The Balaban J connectivity index is 2.29. The molecule has 0 amide bonds. The van der Waals surface area contributed by atoms with Gasteiger partial charge in [0.15, 0.2) is 0 Å². The molecule has 0 unspecified atom stereocenters. The van der Waals surface area contributed by atoms with Crippen molar-refractivity contribution >= 4 is 34.5 Å². The highest BCUT2D eigenvalue weighted by molar-refractivity contribution is 14.1. The number of benzene rings is 2. The number of aromatic hydroxyl groups is 1. The number of aryl methyl sites for hydroxylation is 1. The third-order valence-corrected chi connectivity index (χ3v) is 3.11. The predicted octanol–water partition coefficient (Wildman–Crippen LogP) is 4.06. The van der Waals surface area contributed by atoms with Crippen molar-refractivity contribution in [1.82, 2.24) is 0 Å². The smallest absolute Gasteiger partial charge is 0.124 e. The van der Waals surface area contributed by atoms with Crippen LogP contribution in [0.15, 0.2) is 47.5 Å². The second-order valence-corrected chi connectivity index (χ2v) is 4.99. The highest BCUT2D eigenvalue weighted by atomic mass is 127. The van der Waals surface area contributed by atoms with E-state index in [0.29, 0.717) is 0 Å². The molecule has 0 fully saturated rings. The van der Waals surface area contributed by atoms with Gasteiger partial charge in [-0.15, -0.1) is 0 Å². The van der Waals surface area contributed by atoms with E-state index in [0.717, 1.165) is 16.8 Å². The van der Waals surface area contributed by atoms with Gasteiger partial charge in [-0.1, -0.05) is 12.1 Å². The molecule has 0 aromatic heterocycles. The fourth-order valence-corrected chi connectivity index (χ4v) is 2.15. The van der Waals surface area contributed by atoms with Crippen LogP contribution in [0.3, 0.4) is 0 Å². The Hall–Kier alpha value is -1.36. The van der Waals surface area contributed by atoms with E-state index in [2.05, 4.69) is 33.6 Å². The Labute approximate surface area is 114 Å².